The number of hydrogen-bond acceptors (Lipinski definition) is 5. The van der Waals surface area contributed by atoms with Crippen LogP contribution in [0.5, 0.6) is 0 Å². The Morgan fingerprint density at radius 2 is 2.04 bits per heavy atom. The topological polar surface area (TPSA) is 51.7 Å². The number of carbonyl (C=O) groups is 1. The molecule has 2 fully saturated rings. The van der Waals surface area contributed by atoms with E-state index in [1.165, 1.54) is 5.56 Å². The standard InChI is InChI=1S/C20H33N5O/c1-15(2)25-18(20(26)22-9-10-23(3)4)11-17-13-24(14-19(17)25)12-16-5-7-21-8-6-16/h5-8,15,17-19H,9-14H2,1-4H3,(H,22,26)/t17-,18+,19+/m0/s1. The minimum absolute atomic E-state index is 0.0234. The molecular weight excluding hydrogens is 326 g/mol. The largest absolute Gasteiger partial charge is 0.353 e. The van der Waals surface area contributed by atoms with E-state index in [0.717, 1.165) is 39.1 Å². The Bertz CT molecular complexity index is 591. The number of pyridine rings is 1. The molecule has 1 amide bonds. The van der Waals surface area contributed by atoms with Crippen LogP contribution >= 0.6 is 0 Å². The molecule has 1 aromatic rings. The second-order valence-electron chi connectivity index (χ2n) is 8.26. The Morgan fingerprint density at radius 3 is 2.69 bits per heavy atom. The van der Waals surface area contributed by atoms with Crippen LogP contribution in [0.4, 0.5) is 0 Å². The highest BCUT2D eigenvalue weighted by Gasteiger charge is 2.49. The third kappa shape index (κ3) is 4.42. The Kier molecular flexibility index (Phi) is 6.27. The van der Waals surface area contributed by atoms with Gasteiger partial charge >= 0.3 is 0 Å². The van der Waals surface area contributed by atoms with Gasteiger partial charge in [0, 0.05) is 57.2 Å². The van der Waals surface area contributed by atoms with Crippen molar-refractivity contribution in [1.29, 1.82) is 0 Å². The monoisotopic (exact) mass is 359 g/mol. The van der Waals surface area contributed by atoms with E-state index in [4.69, 9.17) is 0 Å². The van der Waals surface area contributed by atoms with Crippen molar-refractivity contribution in [2.75, 3.05) is 40.3 Å². The van der Waals surface area contributed by atoms with Crippen LogP contribution in [-0.4, -0.2) is 84.0 Å². The number of nitrogens with zero attached hydrogens (tertiary/aromatic N) is 4. The van der Waals surface area contributed by atoms with Gasteiger partial charge in [-0.2, -0.15) is 0 Å². The molecule has 0 aliphatic carbocycles. The molecule has 26 heavy (non-hydrogen) atoms. The minimum atomic E-state index is 0.0234. The molecule has 0 bridgehead atoms. The molecule has 2 aliphatic heterocycles. The summed E-state index contributed by atoms with van der Waals surface area (Å²) in [5, 5.41) is 3.14. The molecular formula is C20H33N5O. The highest BCUT2D eigenvalue weighted by molar-refractivity contribution is 5.82. The van der Waals surface area contributed by atoms with E-state index in [0.29, 0.717) is 18.0 Å². The van der Waals surface area contributed by atoms with Crippen LogP contribution in [0.1, 0.15) is 25.8 Å². The fourth-order valence-corrected chi connectivity index (χ4v) is 4.53. The third-order valence-corrected chi connectivity index (χ3v) is 5.66. The zero-order valence-electron chi connectivity index (χ0n) is 16.6. The molecule has 1 N–H and O–H groups in total. The highest BCUT2D eigenvalue weighted by atomic mass is 16.2. The van der Waals surface area contributed by atoms with Crippen LogP contribution in [0, 0.1) is 5.92 Å². The quantitative estimate of drug-likeness (QED) is 0.788. The first-order chi connectivity index (χ1) is 12.5. The first-order valence-electron chi connectivity index (χ1n) is 9.77. The van der Waals surface area contributed by atoms with E-state index in [1.807, 2.05) is 26.5 Å². The minimum Gasteiger partial charge on any atom is -0.353 e. The number of likely N-dealkylation sites (N-methyl/N-ethyl adjacent to an activating group) is 1. The molecule has 0 radical (unpaired) electrons. The summed E-state index contributed by atoms with van der Waals surface area (Å²) in [5.41, 5.74) is 1.31. The van der Waals surface area contributed by atoms with Gasteiger partial charge in [0.1, 0.15) is 0 Å². The van der Waals surface area contributed by atoms with Gasteiger partial charge in [-0.3, -0.25) is 19.6 Å². The second kappa shape index (κ2) is 8.46. The lowest BCUT2D eigenvalue weighted by Gasteiger charge is -2.33. The van der Waals surface area contributed by atoms with Crippen molar-refractivity contribution in [2.45, 2.75) is 44.9 Å². The van der Waals surface area contributed by atoms with Crippen molar-refractivity contribution in [2.24, 2.45) is 5.92 Å². The number of aromatic nitrogens is 1. The fraction of sp³-hybridized carbons (Fsp3) is 0.700. The zero-order valence-corrected chi connectivity index (χ0v) is 16.6. The summed E-state index contributed by atoms with van der Waals surface area (Å²) < 4.78 is 0. The average molecular weight is 360 g/mol. The predicted octanol–water partition coefficient (Wildman–Crippen LogP) is 1.04. The average Bonchev–Trinajstić information content (AvgIpc) is 3.12. The van der Waals surface area contributed by atoms with Gasteiger partial charge in [-0.05, 0) is 58.0 Å². The van der Waals surface area contributed by atoms with Crippen molar-refractivity contribution in [3.8, 4) is 0 Å². The Labute approximate surface area is 157 Å². The van der Waals surface area contributed by atoms with Crippen LogP contribution in [0.2, 0.25) is 0 Å². The maximum Gasteiger partial charge on any atom is 0.237 e. The van der Waals surface area contributed by atoms with Gasteiger partial charge in [0.05, 0.1) is 6.04 Å². The maximum atomic E-state index is 12.8. The third-order valence-electron chi connectivity index (χ3n) is 5.66. The summed E-state index contributed by atoms with van der Waals surface area (Å²) >= 11 is 0. The van der Waals surface area contributed by atoms with Gasteiger partial charge in [0.25, 0.3) is 0 Å². The first kappa shape index (κ1) is 19.3. The first-order valence-corrected chi connectivity index (χ1v) is 9.77. The smallest absolute Gasteiger partial charge is 0.237 e. The van der Waals surface area contributed by atoms with Crippen molar-refractivity contribution in [3.05, 3.63) is 30.1 Å². The molecule has 6 nitrogen and oxygen atoms in total. The molecule has 3 heterocycles. The van der Waals surface area contributed by atoms with Gasteiger partial charge in [-0.25, -0.2) is 0 Å². The zero-order chi connectivity index (χ0) is 18.7. The molecule has 0 saturated carbocycles. The molecule has 2 saturated heterocycles. The van der Waals surface area contributed by atoms with Crippen molar-refractivity contribution in [1.82, 2.24) is 25.0 Å². The summed E-state index contributed by atoms with van der Waals surface area (Å²) in [4.78, 5) is 23.9. The fourth-order valence-electron chi connectivity index (χ4n) is 4.53. The normalized spacial score (nSPS) is 26.6. The van der Waals surface area contributed by atoms with Crippen LogP contribution < -0.4 is 5.32 Å². The Hall–Kier alpha value is -1.50. The molecule has 144 valence electrons. The second-order valence-corrected chi connectivity index (χ2v) is 8.26. The van der Waals surface area contributed by atoms with E-state index in [2.05, 4.69) is 51.0 Å². The van der Waals surface area contributed by atoms with Gasteiger partial charge in [-0.1, -0.05) is 0 Å². The Morgan fingerprint density at radius 1 is 1.31 bits per heavy atom. The summed E-state index contributed by atoms with van der Waals surface area (Å²) in [5.74, 6) is 0.791. The molecule has 3 rings (SSSR count). The lowest BCUT2D eigenvalue weighted by atomic mass is 10.0. The van der Waals surface area contributed by atoms with Crippen LogP contribution in [0.3, 0.4) is 0 Å². The van der Waals surface area contributed by atoms with E-state index >= 15 is 0 Å². The molecule has 2 aliphatic rings. The number of likely N-dealkylation sites (tertiary alicyclic amines) is 2. The number of carbonyl (C=O) groups excluding carboxylic acids is 1. The number of hydrogen-bond donors (Lipinski definition) is 1. The number of fused-ring (bicyclic) bond motifs is 1. The van der Waals surface area contributed by atoms with Crippen LogP contribution in [0.25, 0.3) is 0 Å². The molecule has 3 atom stereocenters. The predicted molar refractivity (Wildman–Crippen MR) is 104 cm³/mol. The molecule has 1 aromatic heterocycles. The molecule has 6 heteroatoms. The molecule has 0 spiro atoms. The van der Waals surface area contributed by atoms with Gasteiger partial charge < -0.3 is 10.2 Å². The number of amides is 1. The molecule has 0 aromatic carbocycles. The number of rotatable bonds is 7. The van der Waals surface area contributed by atoms with Gasteiger partial charge in [-0.15, -0.1) is 0 Å². The highest BCUT2D eigenvalue weighted by Crippen LogP contribution is 2.37. The van der Waals surface area contributed by atoms with E-state index in [9.17, 15) is 4.79 Å². The maximum absolute atomic E-state index is 12.8. The van der Waals surface area contributed by atoms with E-state index in [1.54, 1.807) is 0 Å². The van der Waals surface area contributed by atoms with Crippen molar-refractivity contribution >= 4 is 5.91 Å². The van der Waals surface area contributed by atoms with Crippen molar-refractivity contribution in [3.63, 3.8) is 0 Å². The van der Waals surface area contributed by atoms with Gasteiger partial charge in [0.15, 0.2) is 0 Å². The Balaban J connectivity index is 1.59. The summed E-state index contributed by atoms with van der Waals surface area (Å²) in [6, 6.07) is 5.08. The van der Waals surface area contributed by atoms with Crippen LogP contribution in [-0.2, 0) is 11.3 Å². The summed E-state index contributed by atoms with van der Waals surface area (Å²) in [6.07, 6.45) is 4.70. The van der Waals surface area contributed by atoms with Crippen molar-refractivity contribution < 1.29 is 4.79 Å². The summed E-state index contributed by atoms with van der Waals surface area (Å²) in [6.45, 7) is 9.14. The number of nitrogens with one attached hydrogen (secondary N) is 1. The SMILES string of the molecule is CC(C)N1[C@@H](C(=O)NCCN(C)C)C[C@H]2CN(Cc3ccncc3)C[C@H]21. The summed E-state index contributed by atoms with van der Waals surface area (Å²) in [7, 11) is 4.06. The lowest BCUT2D eigenvalue weighted by Crippen LogP contribution is -2.51. The van der Waals surface area contributed by atoms with Gasteiger partial charge in [0.2, 0.25) is 5.91 Å². The van der Waals surface area contributed by atoms with Crippen LogP contribution in [0.15, 0.2) is 24.5 Å². The lowest BCUT2D eigenvalue weighted by molar-refractivity contribution is -0.126. The molecule has 0 unspecified atom stereocenters. The van der Waals surface area contributed by atoms with E-state index < -0.39 is 0 Å². The van der Waals surface area contributed by atoms with E-state index in [-0.39, 0.29) is 11.9 Å².